The molecule has 0 unspecified atom stereocenters. The zero-order valence-electron chi connectivity index (χ0n) is 13.9. The molecule has 1 amide bonds. The number of aliphatic carboxylic acids is 1. The molecule has 2 aromatic rings. The number of hydrogen-bond acceptors (Lipinski definition) is 5. The summed E-state index contributed by atoms with van der Waals surface area (Å²) in [5, 5.41) is 11.4. The first-order chi connectivity index (χ1) is 12.4. The summed E-state index contributed by atoms with van der Waals surface area (Å²) in [6.45, 7) is 1.17. The number of carbonyl (C=O) groups excluding carboxylic acids is 2. The number of aryl methyl sites for hydroxylation is 1. The molecule has 1 aliphatic rings. The lowest BCUT2D eigenvalue weighted by atomic mass is 9.94. The highest BCUT2D eigenvalue weighted by Crippen LogP contribution is 2.31. The minimum absolute atomic E-state index is 0.00507. The Morgan fingerprint density at radius 1 is 1.35 bits per heavy atom. The van der Waals surface area contributed by atoms with Crippen LogP contribution in [0.4, 0.5) is 5.69 Å². The van der Waals surface area contributed by atoms with Gasteiger partial charge in [0.05, 0.1) is 10.6 Å². The van der Waals surface area contributed by atoms with E-state index in [2.05, 4.69) is 5.32 Å². The molecule has 7 nitrogen and oxygen atoms in total. The monoisotopic (exact) mass is 377 g/mol. The molecular formula is C18H16ClNO6. The second-order valence-corrected chi connectivity index (χ2v) is 6.32. The average molecular weight is 378 g/mol. The smallest absolute Gasteiger partial charge is 0.341 e. The van der Waals surface area contributed by atoms with Crippen LogP contribution in [0.25, 0.3) is 0 Å². The zero-order chi connectivity index (χ0) is 18.8. The first-order valence-electron chi connectivity index (χ1n) is 7.97. The second kappa shape index (κ2) is 7.21. The summed E-state index contributed by atoms with van der Waals surface area (Å²) in [5.74, 6) is -0.756. The fourth-order valence-electron chi connectivity index (χ4n) is 2.89. The van der Waals surface area contributed by atoms with Crippen LogP contribution in [0.5, 0.6) is 5.75 Å². The quantitative estimate of drug-likeness (QED) is 0.826. The van der Waals surface area contributed by atoms with Gasteiger partial charge in [-0.15, -0.1) is 0 Å². The minimum Gasteiger partial charge on any atom is -0.480 e. The fourth-order valence-corrected chi connectivity index (χ4v) is 3.12. The molecule has 26 heavy (non-hydrogen) atoms. The molecule has 2 N–H and O–H groups in total. The van der Waals surface area contributed by atoms with Crippen molar-refractivity contribution < 1.29 is 28.6 Å². The van der Waals surface area contributed by atoms with Gasteiger partial charge in [0.1, 0.15) is 11.5 Å². The molecule has 0 bridgehead atoms. The number of benzene rings is 1. The van der Waals surface area contributed by atoms with Crippen molar-refractivity contribution in [2.45, 2.75) is 26.2 Å². The lowest BCUT2D eigenvalue weighted by molar-refractivity contribution is -0.139. The predicted octanol–water partition coefficient (Wildman–Crippen LogP) is 3.48. The molecular weight excluding hydrogens is 362 g/mol. The number of carboxylic acids is 1. The maximum atomic E-state index is 12.5. The van der Waals surface area contributed by atoms with Crippen LogP contribution in [0.15, 0.2) is 22.6 Å². The highest BCUT2D eigenvalue weighted by molar-refractivity contribution is 6.32. The van der Waals surface area contributed by atoms with Crippen LogP contribution in [-0.4, -0.2) is 29.4 Å². The largest absolute Gasteiger partial charge is 0.480 e. The summed E-state index contributed by atoms with van der Waals surface area (Å²) in [4.78, 5) is 35.1. The lowest BCUT2D eigenvalue weighted by Gasteiger charge is -2.09. The highest BCUT2D eigenvalue weighted by Gasteiger charge is 2.28. The van der Waals surface area contributed by atoms with Gasteiger partial charge in [-0.25, -0.2) is 4.79 Å². The molecule has 0 fully saturated rings. The Bertz CT molecular complexity index is 901. The van der Waals surface area contributed by atoms with Crippen molar-refractivity contribution in [1.82, 2.24) is 0 Å². The maximum Gasteiger partial charge on any atom is 0.341 e. The van der Waals surface area contributed by atoms with E-state index in [9.17, 15) is 14.4 Å². The molecule has 3 rings (SSSR count). The molecule has 1 heterocycles. The SMILES string of the molecule is Cc1c(C(=O)Nc2ccc(OCC(=O)O)c(Cl)c2)oc2c1C(=O)CCC2. The number of amides is 1. The van der Waals surface area contributed by atoms with Gasteiger partial charge in [-0.05, 0) is 31.5 Å². The number of rotatable bonds is 5. The first-order valence-corrected chi connectivity index (χ1v) is 8.35. The van der Waals surface area contributed by atoms with Gasteiger partial charge in [-0.2, -0.15) is 0 Å². The number of Topliss-reactive ketones (excluding diaryl/α,β-unsaturated/α-hetero) is 1. The molecule has 0 saturated carbocycles. The average Bonchev–Trinajstić information content (AvgIpc) is 2.92. The summed E-state index contributed by atoms with van der Waals surface area (Å²) in [6, 6.07) is 4.44. The standard InChI is InChI=1S/C18H16ClNO6/c1-9-16-12(21)3-2-4-14(16)26-17(9)18(24)20-10-5-6-13(11(19)7-10)25-8-15(22)23/h5-7H,2-4,8H2,1H3,(H,20,24)(H,22,23). The summed E-state index contributed by atoms with van der Waals surface area (Å²) in [6.07, 6.45) is 1.81. The van der Waals surface area contributed by atoms with Crippen LogP contribution in [0.2, 0.25) is 5.02 Å². The van der Waals surface area contributed by atoms with Crippen molar-refractivity contribution in [1.29, 1.82) is 0 Å². The Morgan fingerprint density at radius 3 is 2.77 bits per heavy atom. The summed E-state index contributed by atoms with van der Waals surface area (Å²) < 4.78 is 10.6. The van der Waals surface area contributed by atoms with E-state index in [-0.39, 0.29) is 22.3 Å². The maximum absolute atomic E-state index is 12.5. The van der Waals surface area contributed by atoms with E-state index >= 15 is 0 Å². The second-order valence-electron chi connectivity index (χ2n) is 5.91. The molecule has 0 saturated heterocycles. The number of fused-ring (bicyclic) bond motifs is 1. The van der Waals surface area contributed by atoms with E-state index in [1.54, 1.807) is 6.92 Å². The molecule has 0 aliphatic heterocycles. The topological polar surface area (TPSA) is 106 Å². The van der Waals surface area contributed by atoms with E-state index in [1.165, 1.54) is 18.2 Å². The molecule has 1 aromatic heterocycles. The van der Waals surface area contributed by atoms with E-state index in [0.717, 1.165) is 0 Å². The van der Waals surface area contributed by atoms with Crippen molar-refractivity contribution in [3.8, 4) is 5.75 Å². The minimum atomic E-state index is -1.12. The number of anilines is 1. The van der Waals surface area contributed by atoms with Gasteiger partial charge in [0.2, 0.25) is 0 Å². The van der Waals surface area contributed by atoms with E-state index in [1.807, 2.05) is 0 Å². The number of carboxylic acid groups (broad SMARTS) is 1. The molecule has 8 heteroatoms. The van der Waals surface area contributed by atoms with Crippen LogP contribution in [0.1, 0.15) is 45.1 Å². The van der Waals surface area contributed by atoms with Crippen molar-refractivity contribution >= 4 is 34.9 Å². The van der Waals surface area contributed by atoms with Crippen molar-refractivity contribution in [2.24, 2.45) is 0 Å². The Hall–Kier alpha value is -2.80. The van der Waals surface area contributed by atoms with E-state index in [4.69, 9.17) is 25.9 Å². The number of ether oxygens (including phenoxy) is 1. The van der Waals surface area contributed by atoms with Crippen LogP contribution >= 0.6 is 11.6 Å². The third kappa shape index (κ3) is 3.57. The predicted molar refractivity (Wildman–Crippen MR) is 93.2 cm³/mol. The Kier molecular flexibility index (Phi) is 4.99. The third-order valence-electron chi connectivity index (χ3n) is 4.05. The Balaban J connectivity index is 1.77. The van der Waals surface area contributed by atoms with Gasteiger partial charge in [0.25, 0.3) is 5.91 Å². The summed E-state index contributed by atoms with van der Waals surface area (Å²) in [7, 11) is 0. The van der Waals surface area contributed by atoms with E-state index < -0.39 is 18.5 Å². The third-order valence-corrected chi connectivity index (χ3v) is 4.35. The number of halogens is 1. The first kappa shape index (κ1) is 18.0. The number of furan rings is 1. The molecule has 0 atom stereocenters. The van der Waals surface area contributed by atoms with Crippen LogP contribution in [0.3, 0.4) is 0 Å². The molecule has 0 spiro atoms. The normalized spacial score (nSPS) is 13.2. The van der Waals surface area contributed by atoms with Gasteiger partial charge in [-0.1, -0.05) is 11.6 Å². The van der Waals surface area contributed by atoms with Crippen LogP contribution in [-0.2, 0) is 11.2 Å². The van der Waals surface area contributed by atoms with Crippen molar-refractivity contribution in [2.75, 3.05) is 11.9 Å². The van der Waals surface area contributed by atoms with Gasteiger partial charge >= 0.3 is 5.97 Å². The number of ketones is 1. The van der Waals surface area contributed by atoms with Crippen molar-refractivity contribution in [3.63, 3.8) is 0 Å². The number of hydrogen-bond donors (Lipinski definition) is 2. The van der Waals surface area contributed by atoms with Gasteiger partial charge in [-0.3, -0.25) is 9.59 Å². The van der Waals surface area contributed by atoms with Crippen LogP contribution < -0.4 is 10.1 Å². The van der Waals surface area contributed by atoms with Crippen molar-refractivity contribution in [3.05, 3.63) is 45.9 Å². The Morgan fingerprint density at radius 2 is 2.12 bits per heavy atom. The summed E-state index contributed by atoms with van der Waals surface area (Å²) in [5.41, 5.74) is 1.44. The molecule has 136 valence electrons. The molecule has 1 aliphatic carbocycles. The van der Waals surface area contributed by atoms with Gasteiger partial charge < -0.3 is 19.6 Å². The van der Waals surface area contributed by atoms with Gasteiger partial charge in [0, 0.05) is 24.1 Å². The van der Waals surface area contributed by atoms with Gasteiger partial charge in [0.15, 0.2) is 18.2 Å². The van der Waals surface area contributed by atoms with E-state index in [0.29, 0.717) is 41.8 Å². The molecule has 1 aromatic carbocycles. The highest BCUT2D eigenvalue weighted by atomic mass is 35.5. The number of nitrogens with one attached hydrogen (secondary N) is 1. The lowest BCUT2D eigenvalue weighted by Crippen LogP contribution is -2.13. The summed E-state index contributed by atoms with van der Waals surface area (Å²) >= 11 is 6.04. The zero-order valence-corrected chi connectivity index (χ0v) is 14.7. The fraction of sp³-hybridized carbons (Fsp3) is 0.278. The van der Waals surface area contributed by atoms with Crippen LogP contribution in [0, 0.1) is 6.92 Å². The Labute approximate surface area is 153 Å². The molecule has 0 radical (unpaired) electrons. The number of carbonyl (C=O) groups is 3.